The zero-order chi connectivity index (χ0) is 8.39. The topological polar surface area (TPSA) is 17.1 Å². The second kappa shape index (κ2) is 3.10. The molecule has 0 amide bonds. The molecule has 62 valence electrons. The number of benzene rings is 1. The van der Waals surface area contributed by atoms with E-state index >= 15 is 0 Å². The summed E-state index contributed by atoms with van der Waals surface area (Å²) in [6, 6.07) is 10.3. The highest BCUT2D eigenvalue weighted by molar-refractivity contribution is 5.57. The first-order chi connectivity index (χ1) is 5.92. The Bertz CT molecular complexity index is 266. The average Bonchev–Trinajstić information content (AvgIpc) is 2.05. The van der Waals surface area contributed by atoms with Gasteiger partial charge in [0.15, 0.2) is 0 Å². The summed E-state index contributed by atoms with van der Waals surface area (Å²) >= 11 is 0. The second-order valence-electron chi connectivity index (χ2n) is 3.39. The largest absolute Gasteiger partial charge is 0.303 e. The van der Waals surface area contributed by atoms with E-state index in [0.717, 1.165) is 12.7 Å². The Balaban J connectivity index is 2.16. The molecule has 0 aliphatic heterocycles. The van der Waals surface area contributed by atoms with E-state index in [1.54, 1.807) is 0 Å². The Hall–Kier alpha value is -1.11. The van der Waals surface area contributed by atoms with Crippen LogP contribution < -0.4 is 0 Å². The molecular weight excluding hydrogens is 148 g/mol. The molecule has 0 aromatic heterocycles. The summed E-state index contributed by atoms with van der Waals surface area (Å²) in [6.07, 6.45) is 3.34. The van der Waals surface area contributed by atoms with Crippen LogP contribution in [0.2, 0.25) is 0 Å². The minimum atomic E-state index is 0.285. The summed E-state index contributed by atoms with van der Waals surface area (Å²) in [5, 5.41) is 0. The number of carbonyl (C=O) groups is 1. The molecule has 2 rings (SSSR count). The molecule has 0 saturated heterocycles. The molecule has 1 aromatic carbocycles. The minimum Gasteiger partial charge on any atom is -0.303 e. The molecule has 1 aromatic rings. The van der Waals surface area contributed by atoms with Crippen LogP contribution in [0.3, 0.4) is 0 Å². The van der Waals surface area contributed by atoms with E-state index in [0.29, 0.717) is 5.92 Å². The van der Waals surface area contributed by atoms with Crippen molar-refractivity contribution in [1.29, 1.82) is 0 Å². The summed E-state index contributed by atoms with van der Waals surface area (Å²) in [5.41, 5.74) is 1.32. The van der Waals surface area contributed by atoms with Gasteiger partial charge in [-0.05, 0) is 24.3 Å². The molecule has 1 heteroatoms. The highest BCUT2D eigenvalue weighted by Crippen LogP contribution is 2.40. The van der Waals surface area contributed by atoms with E-state index in [2.05, 4.69) is 12.1 Å². The van der Waals surface area contributed by atoms with Crippen molar-refractivity contribution in [1.82, 2.24) is 0 Å². The monoisotopic (exact) mass is 160 g/mol. The van der Waals surface area contributed by atoms with Crippen LogP contribution >= 0.6 is 0 Å². The second-order valence-corrected chi connectivity index (χ2v) is 3.39. The van der Waals surface area contributed by atoms with E-state index < -0.39 is 0 Å². The van der Waals surface area contributed by atoms with Gasteiger partial charge in [0.25, 0.3) is 0 Å². The van der Waals surface area contributed by atoms with Crippen molar-refractivity contribution in [3.8, 4) is 0 Å². The van der Waals surface area contributed by atoms with E-state index in [1.165, 1.54) is 12.0 Å². The van der Waals surface area contributed by atoms with Gasteiger partial charge in [-0.25, -0.2) is 0 Å². The minimum absolute atomic E-state index is 0.285. The summed E-state index contributed by atoms with van der Waals surface area (Å²) in [4.78, 5) is 10.6. The Morgan fingerprint density at radius 1 is 1.17 bits per heavy atom. The molecule has 1 fully saturated rings. The van der Waals surface area contributed by atoms with Crippen LogP contribution in [0.25, 0.3) is 0 Å². The maximum Gasteiger partial charge on any atom is 0.123 e. The van der Waals surface area contributed by atoms with E-state index in [4.69, 9.17) is 0 Å². The van der Waals surface area contributed by atoms with Gasteiger partial charge in [0, 0.05) is 5.92 Å². The number of aldehydes is 1. The Labute approximate surface area is 72.4 Å². The van der Waals surface area contributed by atoms with Crippen LogP contribution in [-0.4, -0.2) is 6.29 Å². The number of hydrogen-bond donors (Lipinski definition) is 0. The van der Waals surface area contributed by atoms with Crippen LogP contribution in [0, 0.1) is 5.92 Å². The van der Waals surface area contributed by atoms with Crippen LogP contribution in [-0.2, 0) is 4.79 Å². The fourth-order valence-electron chi connectivity index (χ4n) is 1.80. The first-order valence-corrected chi connectivity index (χ1v) is 4.42. The zero-order valence-corrected chi connectivity index (χ0v) is 6.94. The van der Waals surface area contributed by atoms with Gasteiger partial charge >= 0.3 is 0 Å². The summed E-state index contributed by atoms with van der Waals surface area (Å²) in [5.74, 6) is 0.788. The predicted molar refractivity (Wildman–Crippen MR) is 48.0 cm³/mol. The van der Waals surface area contributed by atoms with Crippen molar-refractivity contribution in [2.45, 2.75) is 18.8 Å². The van der Waals surface area contributed by atoms with Gasteiger partial charge < -0.3 is 4.79 Å². The molecule has 0 radical (unpaired) electrons. The SMILES string of the molecule is O=C[C@@H]1CC[C@H]1c1ccccc1. The molecule has 0 bridgehead atoms. The molecule has 1 nitrogen and oxygen atoms in total. The highest BCUT2D eigenvalue weighted by atomic mass is 16.1. The third kappa shape index (κ3) is 1.15. The van der Waals surface area contributed by atoms with Crippen LogP contribution in [0.1, 0.15) is 24.3 Å². The molecule has 12 heavy (non-hydrogen) atoms. The molecule has 0 spiro atoms. The first kappa shape index (κ1) is 7.53. The summed E-state index contributed by atoms with van der Waals surface area (Å²) < 4.78 is 0. The number of hydrogen-bond acceptors (Lipinski definition) is 1. The lowest BCUT2D eigenvalue weighted by molar-refractivity contribution is -0.113. The number of rotatable bonds is 2. The smallest absolute Gasteiger partial charge is 0.123 e. The fourth-order valence-corrected chi connectivity index (χ4v) is 1.80. The third-order valence-corrected chi connectivity index (χ3v) is 2.73. The van der Waals surface area contributed by atoms with Gasteiger partial charge in [-0.15, -0.1) is 0 Å². The third-order valence-electron chi connectivity index (χ3n) is 2.73. The van der Waals surface area contributed by atoms with Gasteiger partial charge in [-0.2, -0.15) is 0 Å². The molecule has 0 unspecified atom stereocenters. The Kier molecular flexibility index (Phi) is 1.94. The molecule has 2 atom stereocenters. The van der Waals surface area contributed by atoms with Crippen molar-refractivity contribution in [3.05, 3.63) is 35.9 Å². The Morgan fingerprint density at radius 2 is 1.92 bits per heavy atom. The zero-order valence-electron chi connectivity index (χ0n) is 6.94. The van der Waals surface area contributed by atoms with Crippen molar-refractivity contribution in [3.63, 3.8) is 0 Å². The summed E-state index contributed by atoms with van der Waals surface area (Å²) in [7, 11) is 0. The van der Waals surface area contributed by atoms with Gasteiger partial charge in [0.05, 0.1) is 0 Å². The van der Waals surface area contributed by atoms with E-state index in [1.807, 2.05) is 18.2 Å². The fraction of sp³-hybridized carbons (Fsp3) is 0.364. The lowest BCUT2D eigenvalue weighted by Crippen LogP contribution is -2.24. The van der Waals surface area contributed by atoms with Gasteiger partial charge in [-0.3, -0.25) is 0 Å². The lowest BCUT2D eigenvalue weighted by Gasteiger charge is -2.32. The molecule has 1 aliphatic rings. The molecular formula is C11H12O. The van der Waals surface area contributed by atoms with Crippen molar-refractivity contribution < 1.29 is 4.79 Å². The van der Waals surface area contributed by atoms with Gasteiger partial charge in [0.2, 0.25) is 0 Å². The average molecular weight is 160 g/mol. The molecule has 1 saturated carbocycles. The van der Waals surface area contributed by atoms with Crippen LogP contribution in [0.5, 0.6) is 0 Å². The first-order valence-electron chi connectivity index (χ1n) is 4.42. The van der Waals surface area contributed by atoms with Crippen LogP contribution in [0.15, 0.2) is 30.3 Å². The van der Waals surface area contributed by atoms with Crippen molar-refractivity contribution in [2.24, 2.45) is 5.92 Å². The predicted octanol–water partition coefficient (Wildman–Crippen LogP) is 2.38. The van der Waals surface area contributed by atoms with Gasteiger partial charge in [-0.1, -0.05) is 30.3 Å². The van der Waals surface area contributed by atoms with Crippen molar-refractivity contribution in [2.75, 3.05) is 0 Å². The maximum absolute atomic E-state index is 10.6. The van der Waals surface area contributed by atoms with Crippen molar-refractivity contribution >= 4 is 6.29 Å². The van der Waals surface area contributed by atoms with E-state index in [9.17, 15) is 4.79 Å². The molecule has 0 heterocycles. The lowest BCUT2D eigenvalue weighted by atomic mass is 9.71. The highest BCUT2D eigenvalue weighted by Gasteiger charge is 2.31. The van der Waals surface area contributed by atoms with Gasteiger partial charge in [0.1, 0.15) is 6.29 Å². The normalized spacial score (nSPS) is 27.7. The maximum atomic E-state index is 10.6. The standard InChI is InChI=1S/C11H12O/c12-8-10-6-7-11(10)9-4-2-1-3-5-9/h1-5,8,10-11H,6-7H2/t10-,11-/m0/s1. The Morgan fingerprint density at radius 3 is 2.42 bits per heavy atom. The molecule has 1 aliphatic carbocycles. The molecule has 0 N–H and O–H groups in total. The van der Waals surface area contributed by atoms with Crippen LogP contribution in [0.4, 0.5) is 0 Å². The quantitative estimate of drug-likeness (QED) is 0.607. The summed E-state index contributed by atoms with van der Waals surface area (Å²) in [6.45, 7) is 0. The number of carbonyl (C=O) groups excluding carboxylic acids is 1. The van der Waals surface area contributed by atoms with E-state index in [-0.39, 0.29) is 5.92 Å².